The van der Waals surface area contributed by atoms with Gasteiger partial charge >= 0.3 is 0 Å². The zero-order chi connectivity index (χ0) is 23.8. The Morgan fingerprint density at radius 1 is 1.12 bits per heavy atom. The average molecular weight is 474 g/mol. The Morgan fingerprint density at radius 2 is 1.85 bits per heavy atom. The summed E-state index contributed by atoms with van der Waals surface area (Å²) in [5.74, 6) is -0.0847. The second kappa shape index (κ2) is 9.22. The number of amides is 1. The van der Waals surface area contributed by atoms with Gasteiger partial charge in [-0.05, 0) is 86.9 Å². The number of nitrogens with one attached hydrogen (secondary N) is 2. The van der Waals surface area contributed by atoms with Gasteiger partial charge in [-0.25, -0.2) is 0 Å². The summed E-state index contributed by atoms with van der Waals surface area (Å²) in [6, 6.07) is 16.7. The molecule has 3 heterocycles. The second-order valence-corrected chi connectivity index (χ2v) is 9.75. The zero-order valence-corrected chi connectivity index (χ0v) is 20.7. The highest BCUT2D eigenvalue weighted by atomic mass is 32.1. The zero-order valence-electron chi connectivity index (χ0n) is 19.9. The first-order valence-electron chi connectivity index (χ1n) is 12.0. The first-order chi connectivity index (χ1) is 16.4. The fraction of sp³-hybridized carbons (Fsp3) is 0.370. The lowest BCUT2D eigenvalue weighted by Crippen LogP contribution is -2.29. The number of carbonyl (C=O) groups excluding carboxylic acids is 1. The van der Waals surface area contributed by atoms with Gasteiger partial charge in [-0.15, -0.1) is 0 Å². The van der Waals surface area contributed by atoms with Crippen LogP contribution < -0.4 is 15.5 Å². The minimum atomic E-state index is -0.0847. The van der Waals surface area contributed by atoms with Crippen LogP contribution in [0.2, 0.25) is 0 Å². The highest BCUT2D eigenvalue weighted by Gasteiger charge is 2.42. The SMILES string of the molecule is CC(=O)Nc1ccc(N2C(=S)N[C@H](c3ccccn3)[C@H]2c2cc(C)n(C3CCCC3)c2C)cc1. The Balaban J connectivity index is 1.59. The third-order valence-corrected chi connectivity index (χ3v) is 7.41. The number of hydrogen-bond acceptors (Lipinski definition) is 3. The molecule has 5 rings (SSSR count). The summed E-state index contributed by atoms with van der Waals surface area (Å²) in [5, 5.41) is 7.08. The molecule has 1 saturated carbocycles. The van der Waals surface area contributed by atoms with Crippen LogP contribution in [0.4, 0.5) is 11.4 Å². The van der Waals surface area contributed by atoms with Crippen molar-refractivity contribution in [1.82, 2.24) is 14.9 Å². The molecule has 0 radical (unpaired) electrons. The normalized spacial score (nSPS) is 20.6. The molecule has 3 aromatic rings. The Kier molecular flexibility index (Phi) is 6.13. The molecule has 1 aliphatic carbocycles. The molecule has 2 N–H and O–H groups in total. The Morgan fingerprint density at radius 3 is 2.50 bits per heavy atom. The van der Waals surface area contributed by atoms with Crippen molar-refractivity contribution in [2.45, 2.75) is 64.6 Å². The summed E-state index contributed by atoms with van der Waals surface area (Å²) < 4.78 is 2.54. The standard InChI is InChI=1S/C27H31N5OS/c1-17-16-23(18(2)31(17)21-8-4-5-9-21)26-25(24-10-6-7-15-28-24)30-27(34)32(26)22-13-11-20(12-14-22)29-19(3)33/h6-7,10-16,21,25-26H,4-5,8-9H2,1-3H3,(H,29,33)(H,30,34)/t25-,26-/m1/s1. The van der Waals surface area contributed by atoms with Crippen molar-refractivity contribution in [3.8, 4) is 0 Å². The van der Waals surface area contributed by atoms with E-state index in [2.05, 4.69) is 51.1 Å². The summed E-state index contributed by atoms with van der Waals surface area (Å²) in [6.45, 7) is 5.98. The van der Waals surface area contributed by atoms with Crippen molar-refractivity contribution in [2.75, 3.05) is 10.2 Å². The third-order valence-electron chi connectivity index (χ3n) is 7.10. The monoisotopic (exact) mass is 473 g/mol. The van der Waals surface area contributed by atoms with Gasteiger partial charge in [-0.2, -0.15) is 0 Å². The first kappa shape index (κ1) is 22.6. The summed E-state index contributed by atoms with van der Waals surface area (Å²) in [4.78, 5) is 18.3. The number of pyridine rings is 1. The van der Waals surface area contributed by atoms with Crippen LogP contribution in [0.25, 0.3) is 0 Å². The summed E-state index contributed by atoms with van der Waals surface area (Å²) >= 11 is 5.88. The molecule has 1 amide bonds. The van der Waals surface area contributed by atoms with Gasteiger partial charge in [0.25, 0.3) is 0 Å². The predicted molar refractivity (Wildman–Crippen MR) is 140 cm³/mol. The van der Waals surface area contributed by atoms with Gasteiger partial charge in [-0.3, -0.25) is 9.78 Å². The lowest BCUT2D eigenvalue weighted by molar-refractivity contribution is -0.114. The fourth-order valence-corrected chi connectivity index (χ4v) is 6.03. The number of hydrogen-bond donors (Lipinski definition) is 2. The van der Waals surface area contributed by atoms with Crippen LogP contribution in [0.15, 0.2) is 54.7 Å². The van der Waals surface area contributed by atoms with Crippen LogP contribution in [0.3, 0.4) is 0 Å². The maximum Gasteiger partial charge on any atom is 0.221 e. The Labute approximate surface area is 206 Å². The van der Waals surface area contributed by atoms with Crippen LogP contribution in [0, 0.1) is 13.8 Å². The first-order valence-corrected chi connectivity index (χ1v) is 12.4. The lowest BCUT2D eigenvalue weighted by atomic mass is 9.96. The molecule has 1 aromatic carbocycles. The van der Waals surface area contributed by atoms with E-state index in [1.165, 1.54) is 49.6 Å². The maximum absolute atomic E-state index is 11.5. The topological polar surface area (TPSA) is 62.2 Å². The number of aryl methyl sites for hydroxylation is 1. The van der Waals surface area contributed by atoms with E-state index in [1.54, 1.807) is 0 Å². The van der Waals surface area contributed by atoms with Gasteiger partial charge in [0.2, 0.25) is 5.91 Å². The van der Waals surface area contributed by atoms with Gasteiger partial charge in [-0.1, -0.05) is 18.9 Å². The molecule has 0 spiro atoms. The van der Waals surface area contributed by atoms with Crippen LogP contribution >= 0.6 is 12.2 Å². The van der Waals surface area contributed by atoms with Crippen LogP contribution in [0.1, 0.15) is 73.4 Å². The predicted octanol–water partition coefficient (Wildman–Crippen LogP) is 5.75. The van der Waals surface area contributed by atoms with E-state index >= 15 is 0 Å². The molecule has 176 valence electrons. The van der Waals surface area contributed by atoms with Gasteiger partial charge in [0.1, 0.15) is 0 Å². The van der Waals surface area contributed by atoms with E-state index in [4.69, 9.17) is 12.2 Å². The molecule has 2 fully saturated rings. The molecule has 7 heteroatoms. The molecular weight excluding hydrogens is 442 g/mol. The van der Waals surface area contributed by atoms with Crippen LogP contribution in [-0.4, -0.2) is 20.6 Å². The summed E-state index contributed by atoms with van der Waals surface area (Å²) in [5.41, 5.74) is 6.61. The maximum atomic E-state index is 11.5. The van der Waals surface area contributed by atoms with E-state index in [-0.39, 0.29) is 18.0 Å². The van der Waals surface area contributed by atoms with E-state index < -0.39 is 0 Å². The molecule has 1 aliphatic heterocycles. The smallest absolute Gasteiger partial charge is 0.221 e. The average Bonchev–Trinajstić information content (AvgIpc) is 3.52. The molecule has 1 saturated heterocycles. The summed E-state index contributed by atoms with van der Waals surface area (Å²) in [7, 11) is 0. The molecule has 34 heavy (non-hydrogen) atoms. The van der Waals surface area contributed by atoms with E-state index in [0.717, 1.165) is 17.1 Å². The van der Waals surface area contributed by atoms with Crippen LogP contribution in [-0.2, 0) is 4.79 Å². The van der Waals surface area contributed by atoms with Crippen molar-refractivity contribution in [3.63, 3.8) is 0 Å². The minimum Gasteiger partial charge on any atom is -0.351 e. The Hall–Kier alpha value is -3.19. The van der Waals surface area contributed by atoms with Gasteiger partial charge in [0, 0.05) is 41.9 Å². The molecular formula is C27H31N5OS. The quantitative estimate of drug-likeness (QED) is 0.462. The number of aromatic nitrogens is 2. The minimum absolute atomic E-state index is 0.0321. The van der Waals surface area contributed by atoms with E-state index in [0.29, 0.717) is 11.2 Å². The number of rotatable bonds is 5. The molecule has 2 atom stereocenters. The van der Waals surface area contributed by atoms with Crippen molar-refractivity contribution >= 4 is 34.6 Å². The molecule has 0 bridgehead atoms. The van der Waals surface area contributed by atoms with Gasteiger partial charge in [0.05, 0.1) is 17.8 Å². The van der Waals surface area contributed by atoms with Gasteiger partial charge in [0.15, 0.2) is 5.11 Å². The molecule has 0 unspecified atom stereocenters. The van der Waals surface area contributed by atoms with E-state index in [1.807, 2.05) is 42.6 Å². The lowest BCUT2D eigenvalue weighted by Gasteiger charge is -2.28. The summed E-state index contributed by atoms with van der Waals surface area (Å²) in [6.07, 6.45) is 6.93. The number of nitrogens with zero attached hydrogens (tertiary/aromatic N) is 3. The fourth-order valence-electron chi connectivity index (χ4n) is 5.68. The number of anilines is 2. The number of carbonyl (C=O) groups is 1. The van der Waals surface area contributed by atoms with Crippen molar-refractivity contribution in [3.05, 3.63) is 77.4 Å². The largest absolute Gasteiger partial charge is 0.351 e. The third kappa shape index (κ3) is 4.09. The second-order valence-electron chi connectivity index (χ2n) is 9.36. The molecule has 2 aliphatic rings. The van der Waals surface area contributed by atoms with Crippen LogP contribution in [0.5, 0.6) is 0 Å². The number of thiocarbonyl (C=S) groups is 1. The van der Waals surface area contributed by atoms with Gasteiger partial charge < -0.3 is 20.1 Å². The Bertz CT molecular complexity index is 1200. The highest BCUT2D eigenvalue weighted by Crippen LogP contribution is 2.45. The molecule has 2 aromatic heterocycles. The number of benzene rings is 1. The van der Waals surface area contributed by atoms with Crippen molar-refractivity contribution in [2.24, 2.45) is 0 Å². The highest BCUT2D eigenvalue weighted by molar-refractivity contribution is 7.80. The van der Waals surface area contributed by atoms with Crippen molar-refractivity contribution < 1.29 is 4.79 Å². The molecule has 6 nitrogen and oxygen atoms in total. The van der Waals surface area contributed by atoms with E-state index in [9.17, 15) is 4.79 Å². The van der Waals surface area contributed by atoms with Crippen molar-refractivity contribution in [1.29, 1.82) is 0 Å².